The van der Waals surface area contributed by atoms with Crippen LogP contribution in [-0.2, 0) is 6.54 Å². The monoisotopic (exact) mass is 281 g/mol. The van der Waals surface area contributed by atoms with Crippen LogP contribution >= 0.6 is 0 Å². The molecule has 114 valence electrons. The molecule has 2 N–H and O–H groups in total. The first-order valence-corrected chi connectivity index (χ1v) is 7.08. The van der Waals surface area contributed by atoms with Crippen molar-refractivity contribution in [2.75, 3.05) is 20.8 Å². The fourth-order valence-corrected chi connectivity index (χ4v) is 2.21. The van der Waals surface area contributed by atoms with Crippen molar-refractivity contribution in [1.82, 2.24) is 5.32 Å². The lowest BCUT2D eigenvalue weighted by Crippen LogP contribution is -2.27. The van der Waals surface area contributed by atoms with Gasteiger partial charge in [0.25, 0.3) is 0 Å². The van der Waals surface area contributed by atoms with Crippen molar-refractivity contribution in [3.05, 3.63) is 23.3 Å². The number of methoxy groups -OCH3 is 2. The van der Waals surface area contributed by atoms with E-state index in [4.69, 9.17) is 9.47 Å². The van der Waals surface area contributed by atoms with E-state index in [1.54, 1.807) is 14.2 Å². The third-order valence-electron chi connectivity index (χ3n) is 3.28. The molecule has 0 radical (unpaired) electrons. The Morgan fingerprint density at radius 2 is 1.75 bits per heavy atom. The van der Waals surface area contributed by atoms with Crippen LogP contribution in [0.3, 0.4) is 0 Å². The highest BCUT2D eigenvalue weighted by Gasteiger charge is 2.10. The summed E-state index contributed by atoms with van der Waals surface area (Å²) in [6.07, 6.45) is 0.521. The molecule has 0 amide bonds. The molecule has 1 aromatic carbocycles. The first kappa shape index (κ1) is 16.8. The van der Waals surface area contributed by atoms with E-state index in [2.05, 4.69) is 19.2 Å². The summed E-state index contributed by atoms with van der Waals surface area (Å²) in [7, 11) is 3.27. The average molecular weight is 281 g/mol. The molecule has 0 fully saturated rings. The molecule has 1 unspecified atom stereocenters. The average Bonchev–Trinajstić information content (AvgIpc) is 2.39. The summed E-state index contributed by atoms with van der Waals surface area (Å²) in [5.41, 5.74) is 2.30. The molecule has 0 heterocycles. The summed E-state index contributed by atoms with van der Waals surface area (Å²) in [4.78, 5) is 0. The Hall–Kier alpha value is -1.26. The lowest BCUT2D eigenvalue weighted by molar-refractivity contribution is 0.146. The van der Waals surface area contributed by atoms with Crippen LogP contribution in [0.5, 0.6) is 11.5 Å². The molecule has 0 aliphatic heterocycles. The lowest BCUT2D eigenvalue weighted by atomic mass is 10.1. The molecule has 0 saturated carbocycles. The molecule has 4 heteroatoms. The molecule has 0 spiro atoms. The maximum absolute atomic E-state index is 9.84. The molecule has 0 aromatic heterocycles. The van der Waals surface area contributed by atoms with E-state index in [1.807, 2.05) is 19.1 Å². The van der Waals surface area contributed by atoms with Crippen LogP contribution in [0.1, 0.15) is 31.4 Å². The predicted octanol–water partition coefficient (Wildman–Crippen LogP) is 2.51. The van der Waals surface area contributed by atoms with Gasteiger partial charge in [-0.1, -0.05) is 13.8 Å². The zero-order chi connectivity index (χ0) is 15.1. The Labute approximate surface area is 122 Å². The van der Waals surface area contributed by atoms with E-state index in [0.29, 0.717) is 19.0 Å². The van der Waals surface area contributed by atoms with Gasteiger partial charge in [0.15, 0.2) is 11.5 Å². The predicted molar refractivity (Wildman–Crippen MR) is 81.5 cm³/mol. The van der Waals surface area contributed by atoms with Gasteiger partial charge in [0.1, 0.15) is 0 Å². The van der Waals surface area contributed by atoms with Gasteiger partial charge in [0, 0.05) is 13.1 Å². The minimum absolute atomic E-state index is 0.296. The molecule has 0 saturated heterocycles. The standard InChI is InChI=1S/C16H27NO3/c1-11(2)6-14(18)10-17-9-13-8-16(20-5)15(19-4)7-12(13)3/h7-8,11,14,17-18H,6,9-10H2,1-5H3. The highest BCUT2D eigenvalue weighted by Crippen LogP contribution is 2.30. The molecule has 0 aliphatic carbocycles. The molecular formula is C16H27NO3. The number of aliphatic hydroxyl groups is 1. The van der Waals surface area contributed by atoms with Crippen LogP contribution < -0.4 is 14.8 Å². The summed E-state index contributed by atoms with van der Waals surface area (Å²) in [6, 6.07) is 3.95. The van der Waals surface area contributed by atoms with Crippen LogP contribution in [0.2, 0.25) is 0 Å². The molecule has 1 aromatic rings. The van der Waals surface area contributed by atoms with Gasteiger partial charge in [-0.25, -0.2) is 0 Å². The van der Waals surface area contributed by atoms with E-state index in [-0.39, 0.29) is 6.10 Å². The Bertz CT molecular complexity index is 418. The number of hydrogen-bond donors (Lipinski definition) is 2. The van der Waals surface area contributed by atoms with Crippen LogP contribution in [0.4, 0.5) is 0 Å². The van der Waals surface area contributed by atoms with Gasteiger partial charge in [-0.2, -0.15) is 0 Å². The van der Waals surface area contributed by atoms with Gasteiger partial charge in [-0.3, -0.25) is 0 Å². The van der Waals surface area contributed by atoms with Gasteiger partial charge in [-0.05, 0) is 42.5 Å². The quantitative estimate of drug-likeness (QED) is 0.769. The highest BCUT2D eigenvalue weighted by molar-refractivity contribution is 5.46. The van der Waals surface area contributed by atoms with Gasteiger partial charge in [0.05, 0.1) is 20.3 Å². The molecule has 20 heavy (non-hydrogen) atoms. The summed E-state index contributed by atoms with van der Waals surface area (Å²) in [6.45, 7) is 7.58. The van der Waals surface area contributed by atoms with Crippen molar-refractivity contribution in [2.24, 2.45) is 5.92 Å². The third kappa shape index (κ3) is 5.02. The third-order valence-corrected chi connectivity index (χ3v) is 3.28. The first-order valence-electron chi connectivity index (χ1n) is 7.08. The van der Waals surface area contributed by atoms with Crippen molar-refractivity contribution in [3.63, 3.8) is 0 Å². The zero-order valence-electron chi connectivity index (χ0n) is 13.2. The Kier molecular flexibility index (Phi) is 6.82. The Balaban J connectivity index is 2.60. The Morgan fingerprint density at radius 3 is 2.30 bits per heavy atom. The fourth-order valence-electron chi connectivity index (χ4n) is 2.21. The number of aryl methyl sites for hydroxylation is 1. The fraction of sp³-hybridized carbons (Fsp3) is 0.625. The molecule has 0 bridgehead atoms. The topological polar surface area (TPSA) is 50.7 Å². The number of hydrogen-bond acceptors (Lipinski definition) is 4. The van der Waals surface area contributed by atoms with Crippen LogP contribution in [-0.4, -0.2) is 32.0 Å². The molecule has 0 aliphatic rings. The van der Waals surface area contributed by atoms with E-state index in [1.165, 1.54) is 0 Å². The SMILES string of the molecule is COc1cc(C)c(CNCC(O)CC(C)C)cc1OC. The second-order valence-corrected chi connectivity index (χ2v) is 5.55. The minimum Gasteiger partial charge on any atom is -0.493 e. The summed E-state index contributed by atoms with van der Waals surface area (Å²) < 4.78 is 10.6. The van der Waals surface area contributed by atoms with Gasteiger partial charge < -0.3 is 19.9 Å². The van der Waals surface area contributed by atoms with Crippen molar-refractivity contribution < 1.29 is 14.6 Å². The summed E-state index contributed by atoms with van der Waals surface area (Å²) in [5.74, 6) is 1.99. The smallest absolute Gasteiger partial charge is 0.161 e. The molecular weight excluding hydrogens is 254 g/mol. The van der Waals surface area contributed by atoms with Gasteiger partial charge in [0.2, 0.25) is 0 Å². The minimum atomic E-state index is -0.296. The van der Waals surface area contributed by atoms with E-state index >= 15 is 0 Å². The maximum atomic E-state index is 9.84. The Morgan fingerprint density at radius 1 is 1.15 bits per heavy atom. The van der Waals surface area contributed by atoms with Gasteiger partial charge in [-0.15, -0.1) is 0 Å². The first-order chi connectivity index (χ1) is 9.47. The lowest BCUT2D eigenvalue weighted by Gasteiger charge is -2.16. The van der Waals surface area contributed by atoms with E-state index in [9.17, 15) is 5.11 Å². The zero-order valence-corrected chi connectivity index (χ0v) is 13.2. The molecule has 1 atom stereocenters. The summed E-state index contributed by atoms with van der Waals surface area (Å²) >= 11 is 0. The molecule has 1 rings (SSSR count). The van der Waals surface area contributed by atoms with E-state index in [0.717, 1.165) is 29.0 Å². The number of benzene rings is 1. The highest BCUT2D eigenvalue weighted by atomic mass is 16.5. The van der Waals surface area contributed by atoms with Gasteiger partial charge >= 0.3 is 0 Å². The second-order valence-electron chi connectivity index (χ2n) is 5.55. The van der Waals surface area contributed by atoms with Crippen LogP contribution in [0.25, 0.3) is 0 Å². The van der Waals surface area contributed by atoms with Crippen molar-refractivity contribution in [2.45, 2.75) is 39.8 Å². The summed E-state index contributed by atoms with van der Waals surface area (Å²) in [5, 5.41) is 13.1. The second kappa shape index (κ2) is 8.12. The maximum Gasteiger partial charge on any atom is 0.161 e. The van der Waals surface area contributed by atoms with Crippen molar-refractivity contribution in [1.29, 1.82) is 0 Å². The van der Waals surface area contributed by atoms with Crippen LogP contribution in [0.15, 0.2) is 12.1 Å². The number of nitrogens with one attached hydrogen (secondary N) is 1. The number of aliphatic hydroxyl groups excluding tert-OH is 1. The number of ether oxygens (including phenoxy) is 2. The van der Waals surface area contributed by atoms with Crippen molar-refractivity contribution in [3.8, 4) is 11.5 Å². The largest absolute Gasteiger partial charge is 0.493 e. The van der Waals surface area contributed by atoms with Crippen molar-refractivity contribution >= 4 is 0 Å². The van der Waals surface area contributed by atoms with E-state index < -0.39 is 0 Å². The normalized spacial score (nSPS) is 12.6. The molecule has 4 nitrogen and oxygen atoms in total. The van der Waals surface area contributed by atoms with Crippen LogP contribution in [0, 0.1) is 12.8 Å². The number of rotatable bonds is 8.